The molecule has 1 aromatic carbocycles. The second-order valence-corrected chi connectivity index (χ2v) is 8.64. The van der Waals surface area contributed by atoms with Crippen molar-refractivity contribution >= 4 is 5.97 Å². The van der Waals surface area contributed by atoms with Gasteiger partial charge in [-0.2, -0.15) is 0 Å². The highest BCUT2D eigenvalue weighted by molar-refractivity contribution is 5.93. The summed E-state index contributed by atoms with van der Waals surface area (Å²) in [5, 5.41) is 10.1. The summed E-state index contributed by atoms with van der Waals surface area (Å²) in [5.74, 6) is 0.251. The van der Waals surface area contributed by atoms with Crippen LogP contribution in [-0.4, -0.2) is 67.2 Å². The van der Waals surface area contributed by atoms with Gasteiger partial charge in [-0.1, -0.05) is 6.07 Å². The third kappa shape index (κ3) is 5.37. The molecule has 9 nitrogen and oxygen atoms in total. The molecule has 1 N–H and O–H groups in total. The van der Waals surface area contributed by atoms with E-state index in [4.69, 9.17) is 18.9 Å². The van der Waals surface area contributed by atoms with Gasteiger partial charge < -0.3 is 28.6 Å². The second kappa shape index (κ2) is 10.9. The van der Waals surface area contributed by atoms with Gasteiger partial charge in [0.1, 0.15) is 17.9 Å². The van der Waals surface area contributed by atoms with Crippen LogP contribution < -0.4 is 15.0 Å². The Hall–Kier alpha value is -3.04. The lowest BCUT2D eigenvalue weighted by molar-refractivity contribution is -0.0114. The number of esters is 1. The van der Waals surface area contributed by atoms with Crippen molar-refractivity contribution in [2.75, 3.05) is 40.5 Å². The molecule has 1 saturated heterocycles. The Morgan fingerprint density at radius 1 is 1.15 bits per heavy atom. The number of phenols is 1. The third-order valence-corrected chi connectivity index (χ3v) is 6.42. The Morgan fingerprint density at radius 2 is 2.00 bits per heavy atom. The Morgan fingerprint density at radius 3 is 2.71 bits per heavy atom. The molecule has 0 spiro atoms. The van der Waals surface area contributed by atoms with Gasteiger partial charge in [0.2, 0.25) is 0 Å². The molecule has 2 aromatic rings. The van der Waals surface area contributed by atoms with E-state index in [1.165, 1.54) is 20.3 Å². The van der Waals surface area contributed by atoms with E-state index in [0.717, 1.165) is 24.8 Å². The summed E-state index contributed by atoms with van der Waals surface area (Å²) < 4.78 is 23.5. The van der Waals surface area contributed by atoms with E-state index in [-0.39, 0.29) is 23.2 Å². The summed E-state index contributed by atoms with van der Waals surface area (Å²) in [7, 11) is 2.84. The first-order valence-electron chi connectivity index (χ1n) is 11.7. The van der Waals surface area contributed by atoms with Gasteiger partial charge in [-0.25, -0.2) is 4.79 Å². The van der Waals surface area contributed by atoms with Crippen molar-refractivity contribution in [2.45, 2.75) is 44.9 Å². The van der Waals surface area contributed by atoms with Gasteiger partial charge in [-0.3, -0.25) is 9.69 Å². The third-order valence-electron chi connectivity index (χ3n) is 6.42. The fraction of sp³-hybridized carbons (Fsp3) is 0.520. The number of hydrogen-bond acceptors (Lipinski definition) is 8. The monoisotopic (exact) mass is 472 g/mol. The van der Waals surface area contributed by atoms with E-state index < -0.39 is 5.97 Å². The number of phenolic OH excluding ortho intramolecular Hbond substituents is 1. The molecule has 0 saturated carbocycles. The zero-order chi connectivity index (χ0) is 24.1. The molecule has 0 bridgehead atoms. The number of nitrogens with zero attached hydrogens (tertiary/aromatic N) is 2. The summed E-state index contributed by atoms with van der Waals surface area (Å²) in [6.07, 6.45) is 3.45. The summed E-state index contributed by atoms with van der Waals surface area (Å²) >= 11 is 0. The number of carbonyl (C=O) groups is 1. The normalized spacial score (nSPS) is 18.6. The standard InChI is InChI=1S/C25H32N2O7/c1-31-21-7-6-17(13-20(21)28)15-26-9-8-19-24(25(30)32-2)22(14-23(29)27(19)11-10-26)34-16-18-5-3-4-12-33-18/h6-7,13-14,18,28H,3-5,8-12,15-16H2,1-2H3. The van der Waals surface area contributed by atoms with Gasteiger partial charge in [-0.05, 0) is 37.0 Å². The summed E-state index contributed by atoms with van der Waals surface area (Å²) in [6.45, 7) is 3.27. The first kappa shape index (κ1) is 24.1. The van der Waals surface area contributed by atoms with Gasteiger partial charge in [0, 0.05) is 51.0 Å². The first-order chi connectivity index (χ1) is 16.5. The number of aromatic hydroxyl groups is 1. The van der Waals surface area contributed by atoms with E-state index in [9.17, 15) is 14.7 Å². The first-order valence-corrected chi connectivity index (χ1v) is 11.7. The number of pyridine rings is 1. The van der Waals surface area contributed by atoms with Crippen molar-refractivity contribution in [2.24, 2.45) is 0 Å². The molecular weight excluding hydrogens is 440 g/mol. The minimum absolute atomic E-state index is 0.0442. The van der Waals surface area contributed by atoms with E-state index in [2.05, 4.69) is 4.90 Å². The van der Waals surface area contributed by atoms with Crippen molar-refractivity contribution in [3.8, 4) is 17.2 Å². The predicted octanol–water partition coefficient (Wildman–Crippen LogP) is 2.36. The molecule has 9 heteroatoms. The average molecular weight is 473 g/mol. The van der Waals surface area contributed by atoms with Crippen LogP contribution in [0.15, 0.2) is 29.1 Å². The van der Waals surface area contributed by atoms with Crippen LogP contribution in [0.4, 0.5) is 0 Å². The smallest absolute Gasteiger partial charge is 0.343 e. The van der Waals surface area contributed by atoms with Crippen LogP contribution in [0.2, 0.25) is 0 Å². The molecule has 0 radical (unpaired) electrons. The van der Waals surface area contributed by atoms with Gasteiger partial charge in [0.25, 0.3) is 5.56 Å². The summed E-state index contributed by atoms with van der Waals surface area (Å²) in [5.41, 5.74) is 1.66. The molecule has 2 aliphatic heterocycles. The molecule has 2 aliphatic rings. The predicted molar refractivity (Wildman–Crippen MR) is 125 cm³/mol. The molecule has 1 unspecified atom stereocenters. The highest BCUT2D eigenvalue weighted by Crippen LogP contribution is 2.28. The number of methoxy groups -OCH3 is 2. The zero-order valence-electron chi connectivity index (χ0n) is 19.7. The van der Waals surface area contributed by atoms with Crippen LogP contribution in [0.1, 0.15) is 40.9 Å². The Labute approximate surface area is 198 Å². The average Bonchev–Trinajstić information content (AvgIpc) is 3.06. The number of ether oxygens (including phenoxy) is 4. The Kier molecular flexibility index (Phi) is 7.74. The van der Waals surface area contributed by atoms with E-state index in [1.807, 2.05) is 6.07 Å². The number of rotatable bonds is 7. The minimum atomic E-state index is -0.517. The van der Waals surface area contributed by atoms with Crippen molar-refractivity contribution in [1.82, 2.24) is 9.47 Å². The molecule has 0 aliphatic carbocycles. The van der Waals surface area contributed by atoms with Gasteiger partial charge >= 0.3 is 5.97 Å². The van der Waals surface area contributed by atoms with Gasteiger partial charge in [-0.15, -0.1) is 0 Å². The van der Waals surface area contributed by atoms with Crippen molar-refractivity contribution in [1.29, 1.82) is 0 Å². The molecule has 3 heterocycles. The van der Waals surface area contributed by atoms with Crippen molar-refractivity contribution < 1.29 is 28.8 Å². The van der Waals surface area contributed by atoms with E-state index in [1.54, 1.807) is 16.7 Å². The Bertz CT molecular complexity index is 1080. The lowest BCUT2D eigenvalue weighted by Gasteiger charge is -2.24. The van der Waals surface area contributed by atoms with Crippen LogP contribution in [0.25, 0.3) is 0 Å². The van der Waals surface area contributed by atoms with Crippen LogP contribution in [0, 0.1) is 0 Å². The zero-order valence-corrected chi connectivity index (χ0v) is 19.7. The number of aromatic nitrogens is 1. The molecular formula is C25H32N2O7. The maximum absolute atomic E-state index is 13.0. The van der Waals surface area contributed by atoms with E-state index >= 15 is 0 Å². The highest BCUT2D eigenvalue weighted by atomic mass is 16.5. The van der Waals surface area contributed by atoms with Crippen LogP contribution >= 0.6 is 0 Å². The molecule has 1 aromatic heterocycles. The second-order valence-electron chi connectivity index (χ2n) is 8.64. The number of fused-ring (bicyclic) bond motifs is 1. The molecule has 184 valence electrons. The fourth-order valence-electron chi connectivity index (χ4n) is 4.60. The number of hydrogen-bond donors (Lipinski definition) is 1. The van der Waals surface area contributed by atoms with Crippen LogP contribution in [0.5, 0.6) is 17.2 Å². The minimum Gasteiger partial charge on any atom is -0.504 e. The fourth-order valence-corrected chi connectivity index (χ4v) is 4.60. The van der Waals surface area contributed by atoms with Crippen LogP contribution in [-0.2, 0) is 29.0 Å². The quantitative estimate of drug-likeness (QED) is 0.613. The molecule has 1 atom stereocenters. The van der Waals surface area contributed by atoms with Crippen molar-refractivity contribution in [3.63, 3.8) is 0 Å². The highest BCUT2D eigenvalue weighted by Gasteiger charge is 2.27. The SMILES string of the molecule is COC(=O)c1c(OCC2CCCCO2)cc(=O)n2c1CCN(Cc1ccc(OC)c(O)c1)CC2. The largest absolute Gasteiger partial charge is 0.504 e. The van der Waals surface area contributed by atoms with Crippen LogP contribution in [0.3, 0.4) is 0 Å². The number of carbonyl (C=O) groups excluding carboxylic acids is 1. The van der Waals surface area contributed by atoms with Crippen molar-refractivity contribution in [3.05, 3.63) is 51.4 Å². The van der Waals surface area contributed by atoms with Gasteiger partial charge in [0.15, 0.2) is 11.5 Å². The molecule has 4 rings (SSSR count). The summed E-state index contributed by atoms with van der Waals surface area (Å²) in [6, 6.07) is 6.70. The Balaban J connectivity index is 1.54. The molecule has 0 amide bonds. The van der Waals surface area contributed by atoms with Gasteiger partial charge in [0.05, 0.1) is 20.3 Å². The lowest BCUT2D eigenvalue weighted by atomic mass is 10.1. The maximum atomic E-state index is 13.0. The maximum Gasteiger partial charge on any atom is 0.343 e. The molecule has 1 fully saturated rings. The van der Waals surface area contributed by atoms with E-state index in [0.29, 0.717) is 62.8 Å². The summed E-state index contributed by atoms with van der Waals surface area (Å²) in [4.78, 5) is 27.9. The lowest BCUT2D eigenvalue weighted by Crippen LogP contribution is -2.30. The molecule has 34 heavy (non-hydrogen) atoms. The number of benzene rings is 1. The topological polar surface area (TPSA) is 99.5 Å².